The fourth-order valence-corrected chi connectivity index (χ4v) is 5.44. The second-order valence-corrected chi connectivity index (χ2v) is 11.3. The maximum absolute atomic E-state index is 12.8. The molecule has 14 heteroatoms. The van der Waals surface area contributed by atoms with Crippen LogP contribution < -0.4 is 19.7 Å². The molecule has 238 valence electrons. The lowest BCUT2D eigenvalue weighted by Gasteiger charge is -2.22. The van der Waals surface area contributed by atoms with Gasteiger partial charge in [0.2, 0.25) is 5.91 Å². The number of carbonyl (C=O) groups excluding carboxylic acids is 2. The average molecular weight is 651 g/mol. The highest BCUT2D eigenvalue weighted by atomic mass is 32.2. The Morgan fingerprint density at radius 1 is 1.07 bits per heavy atom. The van der Waals surface area contributed by atoms with E-state index in [0.717, 1.165) is 16.7 Å². The average Bonchev–Trinajstić information content (AvgIpc) is 3.66. The summed E-state index contributed by atoms with van der Waals surface area (Å²) >= 11 is 1.20. The van der Waals surface area contributed by atoms with Crippen LogP contribution in [0.25, 0.3) is 22.6 Å². The number of benzene rings is 3. The van der Waals surface area contributed by atoms with Crippen molar-refractivity contribution in [3.8, 4) is 28.6 Å². The maximum Gasteiger partial charge on any atom is 0.573 e. The van der Waals surface area contributed by atoms with Crippen molar-refractivity contribution in [1.29, 1.82) is 0 Å². The first kappa shape index (κ1) is 32.3. The number of thioether (sulfide) groups is 1. The molecule has 5 rings (SSSR count). The van der Waals surface area contributed by atoms with E-state index in [4.69, 9.17) is 4.74 Å². The lowest BCUT2D eigenvalue weighted by Crippen LogP contribution is -2.31. The largest absolute Gasteiger partial charge is 0.573 e. The van der Waals surface area contributed by atoms with Crippen molar-refractivity contribution in [2.24, 2.45) is 4.99 Å². The van der Waals surface area contributed by atoms with Crippen molar-refractivity contribution < 1.29 is 32.2 Å². The number of allylic oxidation sites excluding steroid dienone is 1. The van der Waals surface area contributed by atoms with Crippen LogP contribution in [-0.4, -0.2) is 51.1 Å². The summed E-state index contributed by atoms with van der Waals surface area (Å²) < 4.78 is 48.0. The van der Waals surface area contributed by atoms with Crippen molar-refractivity contribution in [2.75, 3.05) is 17.8 Å². The van der Waals surface area contributed by atoms with Crippen LogP contribution in [0.5, 0.6) is 11.5 Å². The third kappa shape index (κ3) is 7.57. The first-order valence-electron chi connectivity index (χ1n) is 14.0. The summed E-state index contributed by atoms with van der Waals surface area (Å²) in [7, 11) is 1.58. The fraction of sp³-hybridized carbons (Fsp3) is 0.219. The summed E-state index contributed by atoms with van der Waals surface area (Å²) in [6.45, 7) is 5.86. The minimum atomic E-state index is -4.77. The van der Waals surface area contributed by atoms with E-state index < -0.39 is 12.4 Å². The smallest absolute Gasteiger partial charge is 0.497 e. The third-order valence-corrected chi connectivity index (χ3v) is 7.82. The highest BCUT2D eigenvalue weighted by Crippen LogP contribution is 2.35. The molecule has 3 amide bonds. The Bertz CT molecular complexity index is 1800. The Morgan fingerprint density at radius 2 is 1.76 bits per heavy atom. The molecule has 0 radical (unpaired) electrons. The molecule has 4 aromatic rings. The van der Waals surface area contributed by atoms with Crippen LogP contribution in [0.15, 0.2) is 84.2 Å². The molecule has 0 unspecified atom stereocenters. The topological polar surface area (TPSA) is 111 Å². The number of halogens is 3. The highest BCUT2D eigenvalue weighted by Gasteiger charge is 2.33. The standard InChI is InChI=1S/C32H29F3N6O4S/c1-19(2)26-15-25(44-4)13-14-27(26)41-28(42)17-46-31(41)38-30(43)36-16-20(3)21-5-7-22(8-6-21)29-37-18-40(39-29)23-9-11-24(12-10-23)45-32(33,34)35/h5-16,18-19H,17H2,1-4H3,(H,36,43)/b20-16+,38-31?. The minimum Gasteiger partial charge on any atom is -0.497 e. The quantitative estimate of drug-likeness (QED) is 0.215. The lowest BCUT2D eigenvalue weighted by molar-refractivity contribution is -0.274. The van der Waals surface area contributed by atoms with Crippen LogP contribution in [0.4, 0.5) is 23.7 Å². The SMILES string of the molecule is COc1ccc(N2C(=O)CSC2=NC(=O)N/C=C(\C)c2ccc(-c3ncn(-c4ccc(OC(F)(F)F)cc4)n3)cc2)c(C(C)C)c1. The zero-order valence-electron chi connectivity index (χ0n) is 25.2. The van der Waals surface area contributed by atoms with E-state index in [-0.39, 0.29) is 23.3 Å². The number of nitrogens with zero attached hydrogens (tertiary/aromatic N) is 5. The molecule has 0 aliphatic carbocycles. The van der Waals surface area contributed by atoms with Gasteiger partial charge in [0.05, 0.1) is 24.2 Å². The van der Waals surface area contributed by atoms with Gasteiger partial charge in [-0.2, -0.15) is 4.99 Å². The molecule has 1 saturated heterocycles. The number of nitrogens with one attached hydrogen (secondary N) is 1. The monoisotopic (exact) mass is 650 g/mol. The van der Waals surface area contributed by atoms with Gasteiger partial charge in [0, 0.05) is 11.8 Å². The van der Waals surface area contributed by atoms with Crippen LogP contribution in [0.3, 0.4) is 0 Å². The molecule has 10 nitrogen and oxygen atoms in total. The molecule has 1 aliphatic rings. The molecule has 2 heterocycles. The molecular formula is C32H29F3N6O4S. The number of amides is 3. The van der Waals surface area contributed by atoms with Gasteiger partial charge < -0.3 is 14.8 Å². The molecule has 0 bridgehead atoms. The van der Waals surface area contributed by atoms with E-state index in [9.17, 15) is 22.8 Å². The van der Waals surface area contributed by atoms with Gasteiger partial charge >= 0.3 is 12.4 Å². The van der Waals surface area contributed by atoms with Gasteiger partial charge in [-0.25, -0.2) is 14.5 Å². The molecule has 0 saturated carbocycles. The summed E-state index contributed by atoms with van der Waals surface area (Å²) in [6.07, 6.45) is -1.77. The van der Waals surface area contributed by atoms with Crippen molar-refractivity contribution in [3.05, 3.63) is 90.4 Å². The predicted octanol–water partition coefficient (Wildman–Crippen LogP) is 7.17. The Labute approximate surface area is 266 Å². The van der Waals surface area contributed by atoms with Crippen molar-refractivity contribution in [1.82, 2.24) is 20.1 Å². The minimum absolute atomic E-state index is 0.101. The Balaban J connectivity index is 1.25. The van der Waals surface area contributed by atoms with Gasteiger partial charge in [0.25, 0.3) is 0 Å². The highest BCUT2D eigenvalue weighted by molar-refractivity contribution is 8.15. The van der Waals surface area contributed by atoms with E-state index in [1.54, 1.807) is 25.4 Å². The van der Waals surface area contributed by atoms with Crippen LogP contribution >= 0.6 is 11.8 Å². The van der Waals surface area contributed by atoms with Crippen LogP contribution in [0.1, 0.15) is 37.8 Å². The predicted molar refractivity (Wildman–Crippen MR) is 170 cm³/mol. The second kappa shape index (κ2) is 13.5. The molecule has 1 fully saturated rings. The van der Waals surface area contributed by atoms with Crippen LogP contribution in [0.2, 0.25) is 0 Å². The Kier molecular flexibility index (Phi) is 9.46. The van der Waals surface area contributed by atoms with Gasteiger partial charge in [-0.3, -0.25) is 9.69 Å². The first-order valence-corrected chi connectivity index (χ1v) is 15.0. The van der Waals surface area contributed by atoms with E-state index >= 15 is 0 Å². The number of methoxy groups -OCH3 is 1. The molecule has 0 spiro atoms. The van der Waals surface area contributed by atoms with Gasteiger partial charge in [-0.05, 0) is 72.0 Å². The molecule has 1 N–H and O–H groups in total. The molecular weight excluding hydrogens is 621 g/mol. The zero-order chi connectivity index (χ0) is 33.0. The van der Waals surface area contributed by atoms with Crippen molar-refractivity contribution in [2.45, 2.75) is 33.1 Å². The number of hydrogen-bond acceptors (Lipinski definition) is 7. The number of alkyl halides is 3. The number of aromatic nitrogens is 3. The van der Waals surface area contributed by atoms with E-state index in [1.807, 2.05) is 51.1 Å². The summed E-state index contributed by atoms with van der Waals surface area (Å²) in [4.78, 5) is 35.5. The Hall–Kier alpha value is -5.11. The lowest BCUT2D eigenvalue weighted by atomic mass is 10.00. The number of urea groups is 1. The summed E-state index contributed by atoms with van der Waals surface area (Å²) in [6, 6.07) is 17.4. The van der Waals surface area contributed by atoms with Crippen LogP contribution in [0, 0.1) is 0 Å². The third-order valence-electron chi connectivity index (χ3n) is 6.90. The summed E-state index contributed by atoms with van der Waals surface area (Å²) in [5.41, 5.74) is 4.36. The number of amidine groups is 1. The van der Waals surface area contributed by atoms with E-state index in [1.165, 1.54) is 51.9 Å². The van der Waals surface area contributed by atoms with Crippen molar-refractivity contribution >= 4 is 40.1 Å². The maximum atomic E-state index is 12.8. The molecule has 3 aromatic carbocycles. The zero-order valence-corrected chi connectivity index (χ0v) is 26.0. The van der Waals surface area contributed by atoms with Gasteiger partial charge in [0.1, 0.15) is 17.8 Å². The number of carbonyl (C=O) groups is 2. The van der Waals surface area contributed by atoms with Crippen molar-refractivity contribution in [3.63, 3.8) is 0 Å². The van der Waals surface area contributed by atoms with Crippen LogP contribution in [-0.2, 0) is 4.79 Å². The number of rotatable bonds is 8. The van der Waals surface area contributed by atoms with E-state index in [2.05, 4.69) is 25.1 Å². The second-order valence-electron chi connectivity index (χ2n) is 10.4. The molecule has 0 atom stereocenters. The number of hydrogen-bond donors (Lipinski definition) is 1. The van der Waals surface area contributed by atoms with Gasteiger partial charge in [-0.1, -0.05) is 49.9 Å². The number of aliphatic imine (C=N–C) groups is 1. The number of ether oxygens (including phenoxy) is 2. The normalized spacial score (nSPS) is 14.7. The van der Waals surface area contributed by atoms with Gasteiger partial charge in [-0.15, -0.1) is 18.3 Å². The fourth-order valence-electron chi connectivity index (χ4n) is 4.58. The van der Waals surface area contributed by atoms with E-state index in [0.29, 0.717) is 33.7 Å². The Morgan fingerprint density at radius 3 is 2.41 bits per heavy atom. The first-order chi connectivity index (χ1) is 21.9. The summed E-state index contributed by atoms with van der Waals surface area (Å²) in [5.74, 6) is 0.871. The van der Waals surface area contributed by atoms with Gasteiger partial charge in [0.15, 0.2) is 11.0 Å². The molecule has 1 aliphatic heterocycles. The summed E-state index contributed by atoms with van der Waals surface area (Å²) in [5, 5.41) is 7.38. The molecule has 1 aromatic heterocycles. The number of anilines is 1. The molecule has 46 heavy (non-hydrogen) atoms.